The van der Waals surface area contributed by atoms with Gasteiger partial charge in [0.15, 0.2) is 0 Å². The first-order valence-corrected chi connectivity index (χ1v) is 15.6. The van der Waals surface area contributed by atoms with Crippen LogP contribution in [0.3, 0.4) is 0 Å². The van der Waals surface area contributed by atoms with Crippen molar-refractivity contribution in [2.45, 2.75) is 56.4 Å². The fourth-order valence-electron chi connectivity index (χ4n) is 7.76. The van der Waals surface area contributed by atoms with Gasteiger partial charge in [0.25, 0.3) is 0 Å². The lowest BCUT2D eigenvalue weighted by molar-refractivity contribution is -0.154. The Morgan fingerprint density at radius 2 is 1.81 bits per heavy atom. The average Bonchev–Trinajstić information content (AvgIpc) is 3.60. The number of benzene rings is 1. The zero-order valence-corrected chi connectivity index (χ0v) is 25.5. The lowest BCUT2D eigenvalue weighted by Gasteiger charge is -2.39. The molecule has 234 valence electrons. The van der Waals surface area contributed by atoms with Crippen LogP contribution in [0.25, 0.3) is 0 Å². The summed E-state index contributed by atoms with van der Waals surface area (Å²) in [6.45, 7) is 15.9. The number of fused-ring (bicyclic) bond motifs is 1. The Balaban J connectivity index is 1.52. The molecule has 43 heavy (non-hydrogen) atoms. The SMILES string of the molecule is C=CCN(CCN1CCOCC1)C(=O)C1N([C@@H](CC)CO)C(=O)[C@@H]2[C@@H](C(=O)N(CC=C)c3ccccc3)[C@@]3(C)CCC12O3. The van der Waals surface area contributed by atoms with E-state index < -0.39 is 35.1 Å². The van der Waals surface area contributed by atoms with Crippen LogP contribution < -0.4 is 4.90 Å². The van der Waals surface area contributed by atoms with E-state index in [0.29, 0.717) is 57.8 Å². The molecule has 2 bridgehead atoms. The molecule has 10 heteroatoms. The number of para-hydroxylation sites is 1. The lowest BCUT2D eigenvalue weighted by Crippen LogP contribution is -2.59. The van der Waals surface area contributed by atoms with Gasteiger partial charge in [0, 0.05) is 45.0 Å². The second-order valence-electron chi connectivity index (χ2n) is 12.3. The van der Waals surface area contributed by atoms with Gasteiger partial charge in [0.2, 0.25) is 17.7 Å². The molecule has 4 aliphatic rings. The summed E-state index contributed by atoms with van der Waals surface area (Å²) in [7, 11) is 0. The number of morpholine rings is 1. The van der Waals surface area contributed by atoms with Crippen molar-refractivity contribution < 1.29 is 29.0 Å². The topological polar surface area (TPSA) is 103 Å². The van der Waals surface area contributed by atoms with Crippen LogP contribution in [-0.4, -0.2) is 120 Å². The Morgan fingerprint density at radius 1 is 1.12 bits per heavy atom. The third kappa shape index (κ3) is 5.43. The van der Waals surface area contributed by atoms with Crippen LogP contribution in [-0.2, 0) is 23.9 Å². The maximum atomic E-state index is 14.6. The van der Waals surface area contributed by atoms with Crippen molar-refractivity contribution in [3.8, 4) is 0 Å². The molecule has 0 aliphatic carbocycles. The van der Waals surface area contributed by atoms with Crippen LogP contribution in [0.4, 0.5) is 5.69 Å². The van der Waals surface area contributed by atoms with Gasteiger partial charge in [-0.25, -0.2) is 0 Å². The molecule has 2 unspecified atom stereocenters. The largest absolute Gasteiger partial charge is 0.394 e. The molecule has 0 aromatic heterocycles. The standard InChI is InChI=1S/C33H46N4O6/c1-5-15-35(18-17-34-19-21-42-22-20-34)31(41)28-33-14-13-32(4,43-33)26(27(33)30(40)37(28)24(7-3)23-38)29(39)36(16-6-2)25-11-9-8-10-12-25/h5-6,8-12,24,26-28,38H,1-2,7,13-23H2,3-4H3/t24-,26-,27-,28?,32+,33?/m0/s1. The number of aliphatic hydroxyl groups is 1. The second-order valence-corrected chi connectivity index (χ2v) is 12.3. The quantitative estimate of drug-likeness (QED) is 0.349. The molecule has 1 N–H and O–H groups in total. The summed E-state index contributed by atoms with van der Waals surface area (Å²) in [6, 6.07) is 7.83. The fourth-order valence-corrected chi connectivity index (χ4v) is 7.76. The lowest BCUT2D eigenvalue weighted by atomic mass is 9.66. The summed E-state index contributed by atoms with van der Waals surface area (Å²) in [5.41, 5.74) is -1.36. The number of hydrogen-bond acceptors (Lipinski definition) is 7. The molecule has 4 saturated heterocycles. The third-order valence-corrected chi connectivity index (χ3v) is 9.89. The number of carbonyl (C=O) groups excluding carboxylic acids is 3. The Bertz CT molecular complexity index is 1200. The number of rotatable bonds is 13. The highest BCUT2D eigenvalue weighted by atomic mass is 16.5. The average molecular weight is 595 g/mol. The Morgan fingerprint density at radius 3 is 2.44 bits per heavy atom. The van der Waals surface area contributed by atoms with E-state index >= 15 is 0 Å². The first-order valence-electron chi connectivity index (χ1n) is 15.6. The van der Waals surface area contributed by atoms with E-state index in [0.717, 1.165) is 13.1 Å². The van der Waals surface area contributed by atoms with E-state index in [1.165, 1.54) is 0 Å². The molecule has 4 fully saturated rings. The third-order valence-electron chi connectivity index (χ3n) is 9.89. The maximum Gasteiger partial charge on any atom is 0.248 e. The predicted molar refractivity (Wildman–Crippen MR) is 163 cm³/mol. The number of aliphatic hydroxyl groups excluding tert-OH is 1. The van der Waals surface area contributed by atoms with E-state index in [1.807, 2.05) is 44.2 Å². The van der Waals surface area contributed by atoms with Crippen LogP contribution in [0.1, 0.15) is 33.1 Å². The van der Waals surface area contributed by atoms with Crippen LogP contribution >= 0.6 is 0 Å². The Kier molecular flexibility index (Phi) is 9.41. The summed E-state index contributed by atoms with van der Waals surface area (Å²) in [5, 5.41) is 10.4. The molecule has 4 aliphatic heterocycles. The highest BCUT2D eigenvalue weighted by Crippen LogP contribution is 2.64. The molecule has 3 amide bonds. The van der Waals surface area contributed by atoms with Crippen molar-refractivity contribution >= 4 is 23.4 Å². The highest BCUT2D eigenvalue weighted by Gasteiger charge is 2.78. The normalized spacial score (nSPS) is 30.6. The van der Waals surface area contributed by atoms with Crippen molar-refractivity contribution in [2.75, 3.05) is 64.0 Å². The number of likely N-dealkylation sites (tertiary alicyclic amines) is 1. The zero-order chi connectivity index (χ0) is 30.8. The Labute approximate surface area is 254 Å². The first kappa shape index (κ1) is 31.4. The van der Waals surface area contributed by atoms with Gasteiger partial charge in [-0.3, -0.25) is 19.3 Å². The molecule has 0 saturated carbocycles. The van der Waals surface area contributed by atoms with Crippen LogP contribution in [0.15, 0.2) is 55.6 Å². The van der Waals surface area contributed by atoms with Crippen molar-refractivity contribution in [1.82, 2.24) is 14.7 Å². The van der Waals surface area contributed by atoms with Crippen LogP contribution in [0.5, 0.6) is 0 Å². The monoisotopic (exact) mass is 594 g/mol. The van der Waals surface area contributed by atoms with Gasteiger partial charge in [-0.15, -0.1) is 13.2 Å². The van der Waals surface area contributed by atoms with Gasteiger partial charge in [0.1, 0.15) is 11.6 Å². The van der Waals surface area contributed by atoms with Crippen molar-refractivity contribution in [2.24, 2.45) is 11.8 Å². The van der Waals surface area contributed by atoms with Crippen molar-refractivity contribution in [3.05, 3.63) is 55.6 Å². The van der Waals surface area contributed by atoms with Gasteiger partial charge < -0.3 is 29.3 Å². The van der Waals surface area contributed by atoms with Gasteiger partial charge in [-0.05, 0) is 38.3 Å². The summed E-state index contributed by atoms with van der Waals surface area (Å²) < 4.78 is 12.3. The zero-order valence-electron chi connectivity index (χ0n) is 25.5. The summed E-state index contributed by atoms with van der Waals surface area (Å²) >= 11 is 0. The molecular formula is C33H46N4O6. The minimum absolute atomic E-state index is 0.214. The Hall–Kier alpha value is -3.05. The fraction of sp³-hybridized carbons (Fsp3) is 0.606. The molecule has 1 aromatic rings. The number of ether oxygens (including phenoxy) is 2. The van der Waals surface area contributed by atoms with Crippen LogP contribution in [0.2, 0.25) is 0 Å². The van der Waals surface area contributed by atoms with Gasteiger partial charge in [0.05, 0.1) is 43.3 Å². The predicted octanol–water partition coefficient (Wildman–Crippen LogP) is 2.09. The summed E-state index contributed by atoms with van der Waals surface area (Å²) in [5.74, 6) is -2.35. The summed E-state index contributed by atoms with van der Waals surface area (Å²) in [6.07, 6.45) is 4.87. The van der Waals surface area contributed by atoms with E-state index in [-0.39, 0.29) is 30.9 Å². The smallest absolute Gasteiger partial charge is 0.248 e. The number of nitrogens with zero attached hydrogens (tertiary/aromatic N) is 4. The minimum Gasteiger partial charge on any atom is -0.394 e. The van der Waals surface area contributed by atoms with Gasteiger partial charge >= 0.3 is 0 Å². The molecule has 4 heterocycles. The second kappa shape index (κ2) is 12.9. The molecule has 1 aromatic carbocycles. The molecule has 6 atom stereocenters. The van der Waals surface area contributed by atoms with E-state index in [2.05, 4.69) is 18.1 Å². The van der Waals surface area contributed by atoms with Gasteiger partial charge in [-0.2, -0.15) is 0 Å². The number of anilines is 1. The van der Waals surface area contributed by atoms with E-state index in [1.54, 1.807) is 26.9 Å². The molecular weight excluding hydrogens is 548 g/mol. The molecule has 5 rings (SSSR count). The van der Waals surface area contributed by atoms with Crippen molar-refractivity contribution in [3.63, 3.8) is 0 Å². The molecule has 0 radical (unpaired) electrons. The summed E-state index contributed by atoms with van der Waals surface area (Å²) in [4.78, 5) is 50.9. The first-order chi connectivity index (χ1) is 20.8. The van der Waals surface area contributed by atoms with Gasteiger partial charge in [-0.1, -0.05) is 37.3 Å². The van der Waals surface area contributed by atoms with E-state index in [4.69, 9.17) is 9.47 Å². The molecule has 10 nitrogen and oxygen atoms in total. The maximum absolute atomic E-state index is 14.6. The molecule has 1 spiro atoms. The van der Waals surface area contributed by atoms with Crippen LogP contribution in [0, 0.1) is 11.8 Å². The van der Waals surface area contributed by atoms with Crippen molar-refractivity contribution in [1.29, 1.82) is 0 Å². The number of amides is 3. The number of hydrogen-bond donors (Lipinski definition) is 1. The highest BCUT2D eigenvalue weighted by molar-refractivity contribution is 6.03. The van der Waals surface area contributed by atoms with E-state index in [9.17, 15) is 19.5 Å². The minimum atomic E-state index is -1.17. The number of carbonyl (C=O) groups is 3.